The van der Waals surface area contributed by atoms with Crippen molar-refractivity contribution in [2.45, 2.75) is 70.2 Å². The number of carbonyl (C=O) groups excluding carboxylic acids is 1. The minimum atomic E-state index is -0.221. The van der Waals surface area contributed by atoms with E-state index >= 15 is 0 Å². The summed E-state index contributed by atoms with van der Waals surface area (Å²) in [5.41, 5.74) is 5.27. The number of ether oxygens (including phenoxy) is 1. The highest BCUT2D eigenvalue weighted by molar-refractivity contribution is 5.99. The highest BCUT2D eigenvalue weighted by atomic mass is 16.5. The summed E-state index contributed by atoms with van der Waals surface area (Å²) in [6.45, 7) is 5.17. The summed E-state index contributed by atoms with van der Waals surface area (Å²) in [6, 6.07) is 7.32. The van der Waals surface area contributed by atoms with E-state index in [4.69, 9.17) is 4.74 Å². The highest BCUT2D eigenvalue weighted by Crippen LogP contribution is 2.46. The van der Waals surface area contributed by atoms with E-state index < -0.39 is 0 Å². The van der Waals surface area contributed by atoms with Gasteiger partial charge in [0, 0.05) is 35.7 Å². The first-order valence-corrected chi connectivity index (χ1v) is 12.3. The Kier molecular flexibility index (Phi) is 4.78. The molecule has 2 unspecified atom stereocenters. The summed E-state index contributed by atoms with van der Waals surface area (Å²) in [7, 11) is 2.14. The van der Waals surface area contributed by atoms with Crippen LogP contribution in [0.15, 0.2) is 30.5 Å². The molecule has 5 heteroatoms. The number of carbonyl (C=O) groups is 1. The van der Waals surface area contributed by atoms with Gasteiger partial charge in [-0.15, -0.1) is 0 Å². The molecule has 2 heterocycles. The number of hydrogen-bond acceptors (Lipinski definition) is 4. The minimum Gasteiger partial charge on any atom is -0.462 e. The summed E-state index contributed by atoms with van der Waals surface area (Å²) in [4.78, 5) is 15.5. The number of nitrogens with zero attached hydrogens (tertiary/aromatic N) is 2. The summed E-state index contributed by atoms with van der Waals surface area (Å²) in [5.74, 6) is 0.755. The fraction of sp³-hybridized carbons (Fsp3) is 0.593. The van der Waals surface area contributed by atoms with Crippen molar-refractivity contribution in [1.82, 2.24) is 9.47 Å². The lowest BCUT2D eigenvalue weighted by Crippen LogP contribution is -2.45. The molecule has 32 heavy (non-hydrogen) atoms. The first-order valence-electron chi connectivity index (χ1n) is 12.3. The molecule has 2 fully saturated rings. The molecule has 6 rings (SSSR count). The van der Waals surface area contributed by atoms with Crippen LogP contribution in [0.25, 0.3) is 16.5 Å². The highest BCUT2D eigenvalue weighted by Gasteiger charge is 2.43. The lowest BCUT2D eigenvalue weighted by atomic mass is 9.80. The number of likely N-dealkylation sites (N-methyl/N-ethyl adjacent to an activating group) is 1. The molecular formula is C27H34N2O3. The second-order valence-corrected chi connectivity index (χ2v) is 10.9. The fourth-order valence-corrected chi connectivity index (χ4v) is 7.04. The Morgan fingerprint density at radius 1 is 1.16 bits per heavy atom. The van der Waals surface area contributed by atoms with Crippen molar-refractivity contribution in [2.75, 3.05) is 13.6 Å². The fourth-order valence-electron chi connectivity index (χ4n) is 7.04. The molecule has 0 radical (unpaired) electrons. The second kappa shape index (κ2) is 7.46. The van der Waals surface area contributed by atoms with Gasteiger partial charge in [-0.1, -0.05) is 18.2 Å². The number of aliphatic hydroxyl groups is 1. The Morgan fingerprint density at radius 3 is 2.62 bits per heavy atom. The Labute approximate surface area is 190 Å². The van der Waals surface area contributed by atoms with Gasteiger partial charge in [0.15, 0.2) is 0 Å². The normalized spacial score (nSPS) is 34.0. The molecular weight excluding hydrogens is 400 g/mol. The van der Waals surface area contributed by atoms with E-state index in [1.165, 1.54) is 27.6 Å². The van der Waals surface area contributed by atoms with Gasteiger partial charge in [-0.3, -0.25) is 9.69 Å². The average Bonchev–Trinajstić information content (AvgIpc) is 3.40. The van der Waals surface area contributed by atoms with Crippen LogP contribution in [-0.4, -0.2) is 52.4 Å². The molecule has 1 aliphatic heterocycles. The van der Waals surface area contributed by atoms with Gasteiger partial charge in [-0.05, 0) is 87.6 Å². The van der Waals surface area contributed by atoms with Gasteiger partial charge in [0.1, 0.15) is 6.10 Å². The van der Waals surface area contributed by atoms with E-state index in [9.17, 15) is 9.90 Å². The predicted molar refractivity (Wildman–Crippen MR) is 125 cm³/mol. The Hall–Kier alpha value is -2.11. The van der Waals surface area contributed by atoms with E-state index in [1.54, 1.807) is 0 Å². The first-order chi connectivity index (χ1) is 15.4. The standard InChI is InChI=1S/C27H34N2O3/c1-15(2)29-14-18-12-25-23(22-5-4-6-24(29)26(18)22)11-19(13-28(25)3)27(31)32-21-9-16-7-20(30)8-17(16)10-21/h4-6,11,14-17,19-21,25,30H,7-10,12-13H2,1-3H3/t16?,17?,19-,20?,21?,25-/m1/s1. The second-order valence-electron chi connectivity index (χ2n) is 10.9. The van der Waals surface area contributed by atoms with Crippen molar-refractivity contribution in [3.8, 4) is 0 Å². The quantitative estimate of drug-likeness (QED) is 0.737. The van der Waals surface area contributed by atoms with Crippen LogP contribution in [-0.2, 0) is 16.0 Å². The lowest BCUT2D eigenvalue weighted by Gasteiger charge is -2.39. The zero-order valence-corrected chi connectivity index (χ0v) is 19.3. The van der Waals surface area contributed by atoms with Crippen LogP contribution in [0.4, 0.5) is 0 Å². The number of rotatable bonds is 3. The largest absolute Gasteiger partial charge is 0.462 e. The maximum Gasteiger partial charge on any atom is 0.314 e. The molecule has 0 spiro atoms. The summed E-state index contributed by atoms with van der Waals surface area (Å²) < 4.78 is 8.41. The summed E-state index contributed by atoms with van der Waals surface area (Å²) in [5, 5.41) is 11.2. The van der Waals surface area contributed by atoms with Crippen LogP contribution in [0.5, 0.6) is 0 Å². The molecule has 170 valence electrons. The van der Waals surface area contributed by atoms with Crippen LogP contribution in [0.1, 0.15) is 56.7 Å². The topological polar surface area (TPSA) is 54.7 Å². The Morgan fingerprint density at radius 2 is 1.91 bits per heavy atom. The van der Waals surface area contributed by atoms with E-state index in [0.29, 0.717) is 30.5 Å². The number of aliphatic hydroxyl groups excluding tert-OH is 1. The third kappa shape index (κ3) is 3.16. The maximum absolute atomic E-state index is 13.2. The van der Waals surface area contributed by atoms with Crippen LogP contribution in [0, 0.1) is 17.8 Å². The van der Waals surface area contributed by atoms with Crippen LogP contribution >= 0.6 is 0 Å². The maximum atomic E-state index is 13.2. The summed E-state index contributed by atoms with van der Waals surface area (Å²) >= 11 is 0. The van der Waals surface area contributed by atoms with Gasteiger partial charge in [-0.2, -0.15) is 0 Å². The molecule has 5 nitrogen and oxygen atoms in total. The van der Waals surface area contributed by atoms with Crippen molar-refractivity contribution in [1.29, 1.82) is 0 Å². The number of aromatic nitrogens is 1. The minimum absolute atomic E-state index is 0.0212. The molecule has 4 atom stereocenters. The molecule has 3 aliphatic carbocycles. The predicted octanol–water partition coefficient (Wildman–Crippen LogP) is 4.18. The van der Waals surface area contributed by atoms with Crippen molar-refractivity contribution in [3.05, 3.63) is 41.6 Å². The van der Waals surface area contributed by atoms with E-state index in [0.717, 1.165) is 32.1 Å². The SMILES string of the molecule is CC(C)n1cc2c3c(cccc31)C1=C[C@@H](C(=O)OC3CC4CC(O)CC4C3)CN(C)[C@@H]1C2. The van der Waals surface area contributed by atoms with Gasteiger partial charge < -0.3 is 14.4 Å². The van der Waals surface area contributed by atoms with Crippen LogP contribution in [0.3, 0.4) is 0 Å². The molecule has 0 amide bonds. The van der Waals surface area contributed by atoms with Crippen LogP contribution < -0.4 is 0 Å². The average molecular weight is 435 g/mol. The number of hydrogen-bond donors (Lipinski definition) is 1. The van der Waals surface area contributed by atoms with Gasteiger partial charge in [0.05, 0.1) is 12.0 Å². The van der Waals surface area contributed by atoms with Crippen molar-refractivity contribution in [2.24, 2.45) is 17.8 Å². The monoisotopic (exact) mass is 434 g/mol. The molecule has 1 aromatic heterocycles. The van der Waals surface area contributed by atoms with Gasteiger partial charge in [0.25, 0.3) is 0 Å². The van der Waals surface area contributed by atoms with Gasteiger partial charge in [-0.25, -0.2) is 0 Å². The molecule has 2 aromatic rings. The van der Waals surface area contributed by atoms with Crippen molar-refractivity contribution in [3.63, 3.8) is 0 Å². The van der Waals surface area contributed by atoms with Crippen LogP contribution in [0.2, 0.25) is 0 Å². The zero-order chi connectivity index (χ0) is 22.1. The molecule has 4 aliphatic rings. The molecule has 1 N–H and O–H groups in total. The van der Waals surface area contributed by atoms with Gasteiger partial charge in [0.2, 0.25) is 0 Å². The van der Waals surface area contributed by atoms with E-state index in [-0.39, 0.29) is 24.1 Å². The Bertz CT molecular complexity index is 1090. The number of benzene rings is 1. The zero-order valence-electron chi connectivity index (χ0n) is 19.3. The van der Waals surface area contributed by atoms with Crippen molar-refractivity contribution >= 4 is 22.4 Å². The van der Waals surface area contributed by atoms with E-state index in [2.05, 4.69) is 60.8 Å². The molecule has 2 saturated carbocycles. The number of esters is 1. The third-order valence-electron chi connectivity index (χ3n) is 8.51. The van der Waals surface area contributed by atoms with Gasteiger partial charge >= 0.3 is 5.97 Å². The molecule has 1 aromatic carbocycles. The molecule has 0 bridgehead atoms. The third-order valence-corrected chi connectivity index (χ3v) is 8.51. The Balaban J connectivity index is 1.28. The number of fused-ring (bicyclic) bond motifs is 3. The first kappa shape index (κ1) is 20.5. The lowest BCUT2D eigenvalue weighted by molar-refractivity contribution is -0.153. The smallest absolute Gasteiger partial charge is 0.314 e. The van der Waals surface area contributed by atoms with E-state index in [1.807, 2.05) is 0 Å². The van der Waals surface area contributed by atoms with Crippen molar-refractivity contribution < 1.29 is 14.6 Å². The summed E-state index contributed by atoms with van der Waals surface area (Å²) in [6.07, 6.45) is 8.98. The molecule has 0 saturated heterocycles.